The van der Waals surface area contributed by atoms with Crippen LogP contribution >= 0.6 is 11.6 Å². The minimum atomic E-state index is -1.10. The van der Waals surface area contributed by atoms with Crippen molar-refractivity contribution in [2.75, 3.05) is 7.11 Å². The Morgan fingerprint density at radius 2 is 2.08 bits per heavy atom. The molecule has 1 atom stereocenters. The molecule has 0 fully saturated rings. The molecule has 2 N–H and O–H groups in total. The van der Waals surface area contributed by atoms with Gasteiger partial charge in [0.25, 0.3) is 0 Å². The highest BCUT2D eigenvalue weighted by molar-refractivity contribution is 6.30. The van der Waals surface area contributed by atoms with Crippen LogP contribution in [0.4, 0.5) is 5.69 Å². The lowest BCUT2D eigenvalue weighted by molar-refractivity contribution is -0.144. The van der Waals surface area contributed by atoms with E-state index in [1.54, 1.807) is 30.3 Å². The summed E-state index contributed by atoms with van der Waals surface area (Å²) in [5, 5.41) is 19.2. The Kier molecular flexibility index (Phi) is 5.65. The van der Waals surface area contributed by atoms with Gasteiger partial charge in [-0.2, -0.15) is 0 Å². The summed E-state index contributed by atoms with van der Waals surface area (Å²) in [5.74, 6) is -0.526. The largest absolute Gasteiger partial charge is 0.506 e. The van der Waals surface area contributed by atoms with Crippen molar-refractivity contribution in [1.29, 1.82) is 0 Å². The summed E-state index contributed by atoms with van der Waals surface area (Å²) in [4.78, 5) is 15.2. The Hall–Kier alpha value is -2.73. The average Bonchev–Trinajstić information content (AvgIpc) is 2.54. The van der Waals surface area contributed by atoms with Gasteiger partial charge in [0.1, 0.15) is 11.4 Å². The normalized spacial score (nSPS) is 12.1. The van der Waals surface area contributed by atoms with Crippen LogP contribution in [0.3, 0.4) is 0 Å². The number of aliphatic carboxylic acids is 1. The molecule has 0 aliphatic carbocycles. The van der Waals surface area contributed by atoms with Crippen molar-refractivity contribution >= 4 is 29.5 Å². The first kappa shape index (κ1) is 17.6. The molecule has 0 saturated heterocycles. The SMILES string of the molecule is COc1cccc(C=Nc2ccc(Cl)cc2O)c1O[C@H](C)C(=O)O. The monoisotopic (exact) mass is 349 g/mol. The summed E-state index contributed by atoms with van der Waals surface area (Å²) in [6, 6.07) is 9.62. The van der Waals surface area contributed by atoms with E-state index >= 15 is 0 Å². The van der Waals surface area contributed by atoms with Gasteiger partial charge in [-0.15, -0.1) is 0 Å². The molecule has 7 heteroatoms. The molecular weight excluding hydrogens is 334 g/mol. The number of nitrogens with zero attached hydrogens (tertiary/aromatic N) is 1. The minimum absolute atomic E-state index is 0.0666. The summed E-state index contributed by atoms with van der Waals surface area (Å²) in [7, 11) is 1.46. The average molecular weight is 350 g/mol. The molecule has 0 amide bonds. The van der Waals surface area contributed by atoms with Crippen LogP contribution in [-0.2, 0) is 4.79 Å². The fraction of sp³-hybridized carbons (Fsp3) is 0.176. The smallest absolute Gasteiger partial charge is 0.344 e. The summed E-state index contributed by atoms with van der Waals surface area (Å²) in [6.07, 6.45) is 0.396. The van der Waals surface area contributed by atoms with Crippen LogP contribution in [0.5, 0.6) is 17.2 Å². The Balaban J connectivity index is 2.38. The molecule has 0 unspecified atom stereocenters. The highest BCUT2D eigenvalue weighted by Gasteiger charge is 2.18. The number of aliphatic imine (C=N–C) groups is 1. The predicted octanol–water partition coefficient (Wildman–Crippen LogP) is 3.66. The van der Waals surface area contributed by atoms with Crippen molar-refractivity contribution in [3.05, 3.63) is 47.0 Å². The maximum Gasteiger partial charge on any atom is 0.344 e. The van der Waals surface area contributed by atoms with Gasteiger partial charge >= 0.3 is 5.97 Å². The number of carbonyl (C=O) groups is 1. The van der Waals surface area contributed by atoms with Crippen molar-refractivity contribution in [3.8, 4) is 17.2 Å². The number of phenolic OH excluding ortho intramolecular Hbond substituents is 1. The van der Waals surface area contributed by atoms with Gasteiger partial charge < -0.3 is 19.7 Å². The van der Waals surface area contributed by atoms with E-state index in [9.17, 15) is 9.90 Å². The number of hydrogen-bond donors (Lipinski definition) is 2. The van der Waals surface area contributed by atoms with E-state index in [1.165, 1.54) is 26.3 Å². The first-order chi connectivity index (χ1) is 11.4. The van der Waals surface area contributed by atoms with Crippen LogP contribution in [-0.4, -0.2) is 35.6 Å². The number of ether oxygens (including phenoxy) is 2. The quantitative estimate of drug-likeness (QED) is 0.777. The predicted molar refractivity (Wildman–Crippen MR) is 91.1 cm³/mol. The van der Waals surface area contributed by atoms with Gasteiger partial charge in [-0.25, -0.2) is 4.79 Å². The lowest BCUT2D eigenvalue weighted by Crippen LogP contribution is -2.23. The molecule has 0 aromatic heterocycles. The minimum Gasteiger partial charge on any atom is -0.506 e. The van der Waals surface area contributed by atoms with E-state index in [-0.39, 0.29) is 11.5 Å². The number of aromatic hydroxyl groups is 1. The van der Waals surface area contributed by atoms with Crippen LogP contribution in [0.25, 0.3) is 0 Å². The number of para-hydroxylation sites is 1. The molecule has 2 aromatic rings. The third-order valence-corrected chi connectivity index (χ3v) is 3.39. The first-order valence-electron chi connectivity index (χ1n) is 7.01. The third kappa shape index (κ3) is 4.17. The van der Waals surface area contributed by atoms with Crippen LogP contribution in [0.1, 0.15) is 12.5 Å². The summed E-state index contributed by atoms with van der Waals surface area (Å²) < 4.78 is 10.7. The van der Waals surface area contributed by atoms with Crippen molar-refractivity contribution in [3.63, 3.8) is 0 Å². The summed E-state index contributed by atoms with van der Waals surface area (Å²) in [6.45, 7) is 1.42. The van der Waals surface area contributed by atoms with E-state index < -0.39 is 12.1 Å². The molecule has 0 spiro atoms. The van der Waals surface area contributed by atoms with Crippen molar-refractivity contribution in [2.45, 2.75) is 13.0 Å². The number of halogens is 1. The number of benzene rings is 2. The Bertz CT molecular complexity index is 776. The highest BCUT2D eigenvalue weighted by Crippen LogP contribution is 2.33. The maximum atomic E-state index is 11.0. The topological polar surface area (TPSA) is 88.4 Å². The standard InChI is InChI=1S/C17H16ClNO5/c1-10(17(21)22)24-16-11(4-3-5-15(16)23-2)9-19-13-7-6-12(18)8-14(13)20/h3-10,20H,1-2H3,(H,21,22)/t10-/m1/s1. The van der Waals surface area contributed by atoms with Gasteiger partial charge in [-0.1, -0.05) is 17.7 Å². The zero-order chi connectivity index (χ0) is 17.7. The number of methoxy groups -OCH3 is 1. The van der Waals surface area contributed by atoms with Gasteiger partial charge in [0.15, 0.2) is 17.6 Å². The molecule has 2 rings (SSSR count). The van der Waals surface area contributed by atoms with E-state index in [1.807, 2.05) is 0 Å². The fourth-order valence-electron chi connectivity index (χ4n) is 1.89. The number of phenols is 1. The summed E-state index contributed by atoms with van der Waals surface area (Å²) in [5.41, 5.74) is 0.830. The van der Waals surface area contributed by atoms with Crippen molar-refractivity contribution in [1.82, 2.24) is 0 Å². The van der Waals surface area contributed by atoms with Crippen molar-refractivity contribution in [2.24, 2.45) is 4.99 Å². The molecule has 6 nitrogen and oxygen atoms in total. The number of hydrogen-bond acceptors (Lipinski definition) is 5. The lowest BCUT2D eigenvalue weighted by atomic mass is 10.2. The zero-order valence-corrected chi connectivity index (χ0v) is 13.8. The summed E-state index contributed by atoms with van der Waals surface area (Å²) >= 11 is 5.78. The maximum absolute atomic E-state index is 11.0. The second-order valence-corrected chi connectivity index (χ2v) is 5.30. The van der Waals surface area contributed by atoms with Crippen LogP contribution in [0.2, 0.25) is 5.02 Å². The molecule has 2 aromatic carbocycles. The van der Waals surface area contributed by atoms with Crippen molar-refractivity contribution < 1.29 is 24.5 Å². The molecule has 24 heavy (non-hydrogen) atoms. The van der Waals surface area contributed by atoms with Gasteiger partial charge in [0, 0.05) is 22.9 Å². The molecule has 0 heterocycles. The molecule has 0 saturated carbocycles. The number of carboxylic acids is 1. The Morgan fingerprint density at radius 1 is 1.33 bits per heavy atom. The number of rotatable bonds is 6. The molecule has 0 aliphatic heterocycles. The van der Waals surface area contributed by atoms with Crippen LogP contribution < -0.4 is 9.47 Å². The number of carboxylic acid groups (broad SMARTS) is 1. The van der Waals surface area contributed by atoms with Gasteiger partial charge in [0.2, 0.25) is 0 Å². The fourth-order valence-corrected chi connectivity index (χ4v) is 2.06. The van der Waals surface area contributed by atoms with Gasteiger partial charge in [0.05, 0.1) is 7.11 Å². The molecular formula is C17H16ClNO5. The van der Waals surface area contributed by atoms with Crippen LogP contribution in [0, 0.1) is 0 Å². The highest BCUT2D eigenvalue weighted by atomic mass is 35.5. The first-order valence-corrected chi connectivity index (χ1v) is 7.39. The molecule has 126 valence electrons. The zero-order valence-electron chi connectivity index (χ0n) is 13.1. The van der Waals surface area contributed by atoms with E-state index in [4.69, 9.17) is 26.2 Å². The van der Waals surface area contributed by atoms with E-state index in [2.05, 4.69) is 4.99 Å². The second-order valence-electron chi connectivity index (χ2n) is 4.87. The van der Waals surface area contributed by atoms with Crippen LogP contribution in [0.15, 0.2) is 41.4 Å². The Labute approximate surface area is 143 Å². The third-order valence-electron chi connectivity index (χ3n) is 3.15. The van der Waals surface area contributed by atoms with Gasteiger partial charge in [-0.05, 0) is 31.2 Å². The molecule has 0 aliphatic rings. The lowest BCUT2D eigenvalue weighted by Gasteiger charge is -2.15. The molecule has 0 bridgehead atoms. The second kappa shape index (κ2) is 7.70. The van der Waals surface area contributed by atoms with E-state index in [0.717, 1.165) is 0 Å². The molecule has 0 radical (unpaired) electrons. The van der Waals surface area contributed by atoms with Gasteiger partial charge in [-0.3, -0.25) is 4.99 Å². The van der Waals surface area contributed by atoms with E-state index in [0.29, 0.717) is 22.0 Å². The Morgan fingerprint density at radius 3 is 2.71 bits per heavy atom.